The van der Waals surface area contributed by atoms with Crippen LogP contribution >= 0.6 is 0 Å². The van der Waals surface area contributed by atoms with E-state index in [4.69, 9.17) is 14.5 Å². The molecule has 0 amide bonds. The maximum absolute atomic E-state index is 13.1. The lowest BCUT2D eigenvalue weighted by atomic mass is 10.0. The van der Waals surface area contributed by atoms with Crippen molar-refractivity contribution in [1.29, 1.82) is 0 Å². The first-order valence-electron chi connectivity index (χ1n) is 10.5. The van der Waals surface area contributed by atoms with Gasteiger partial charge in [0.15, 0.2) is 5.96 Å². The number of guanidine groups is 1. The van der Waals surface area contributed by atoms with Crippen LogP contribution in [0.5, 0.6) is 0 Å². The first kappa shape index (κ1) is 22.8. The molecular formula is C21H31F3N4O2. The Morgan fingerprint density at radius 3 is 2.70 bits per heavy atom. The average molecular weight is 428 g/mol. The van der Waals surface area contributed by atoms with Gasteiger partial charge in [-0.05, 0) is 31.5 Å². The van der Waals surface area contributed by atoms with Gasteiger partial charge in [-0.15, -0.1) is 0 Å². The van der Waals surface area contributed by atoms with Crippen molar-refractivity contribution in [1.82, 2.24) is 15.1 Å². The van der Waals surface area contributed by atoms with Gasteiger partial charge in [0, 0.05) is 32.2 Å². The minimum Gasteiger partial charge on any atom is -0.379 e. The van der Waals surface area contributed by atoms with Crippen molar-refractivity contribution in [3.8, 4) is 0 Å². The Labute approximate surface area is 176 Å². The van der Waals surface area contributed by atoms with Gasteiger partial charge in [0.05, 0.1) is 38.5 Å². The Hall–Kier alpha value is -1.84. The van der Waals surface area contributed by atoms with Gasteiger partial charge in [-0.1, -0.05) is 12.1 Å². The molecule has 2 fully saturated rings. The van der Waals surface area contributed by atoms with E-state index in [0.717, 1.165) is 44.9 Å². The molecule has 2 heterocycles. The molecule has 0 aliphatic carbocycles. The van der Waals surface area contributed by atoms with Crippen LogP contribution in [-0.2, 0) is 15.7 Å². The van der Waals surface area contributed by atoms with E-state index in [9.17, 15) is 13.2 Å². The largest absolute Gasteiger partial charge is 0.416 e. The van der Waals surface area contributed by atoms with Gasteiger partial charge >= 0.3 is 6.18 Å². The first-order chi connectivity index (χ1) is 14.4. The molecule has 6 nitrogen and oxygen atoms in total. The molecule has 3 rings (SSSR count). The number of benzene rings is 1. The number of hydrogen-bond donors (Lipinski definition) is 1. The summed E-state index contributed by atoms with van der Waals surface area (Å²) in [6, 6.07) is 5.68. The maximum atomic E-state index is 13.1. The summed E-state index contributed by atoms with van der Waals surface area (Å²) >= 11 is 0. The molecule has 2 aliphatic rings. The molecule has 1 N–H and O–H groups in total. The molecule has 2 aliphatic heterocycles. The summed E-state index contributed by atoms with van der Waals surface area (Å²) in [6.45, 7) is 10.4. The van der Waals surface area contributed by atoms with Crippen molar-refractivity contribution in [2.75, 3.05) is 59.1 Å². The number of ether oxygens (including phenoxy) is 2. The Kier molecular flexibility index (Phi) is 7.96. The fraction of sp³-hybridized carbons (Fsp3) is 0.667. The number of rotatable bonds is 5. The highest BCUT2D eigenvalue weighted by molar-refractivity contribution is 5.80. The summed E-state index contributed by atoms with van der Waals surface area (Å²) in [6.07, 6.45) is -4.79. The molecule has 1 aromatic rings. The quantitative estimate of drug-likeness (QED) is 0.577. The fourth-order valence-electron chi connectivity index (χ4n) is 3.74. The van der Waals surface area contributed by atoms with Gasteiger partial charge in [-0.2, -0.15) is 13.2 Å². The van der Waals surface area contributed by atoms with Crippen LogP contribution in [0, 0.1) is 0 Å². The summed E-state index contributed by atoms with van der Waals surface area (Å²) < 4.78 is 50.4. The molecule has 2 atom stereocenters. The predicted octanol–water partition coefficient (Wildman–Crippen LogP) is 2.76. The number of morpholine rings is 2. The number of nitrogens with one attached hydrogen (secondary N) is 1. The lowest BCUT2D eigenvalue weighted by Gasteiger charge is -2.36. The van der Waals surface area contributed by atoms with Crippen LogP contribution in [0.4, 0.5) is 13.2 Å². The number of nitrogens with zero attached hydrogens (tertiary/aromatic N) is 3. The van der Waals surface area contributed by atoms with E-state index in [1.807, 2.05) is 6.92 Å². The Morgan fingerprint density at radius 1 is 1.23 bits per heavy atom. The van der Waals surface area contributed by atoms with Crippen LogP contribution in [0.15, 0.2) is 29.3 Å². The molecule has 2 saturated heterocycles. The van der Waals surface area contributed by atoms with Crippen molar-refractivity contribution in [3.05, 3.63) is 35.4 Å². The highest BCUT2D eigenvalue weighted by Crippen LogP contribution is 2.32. The first-order valence-corrected chi connectivity index (χ1v) is 10.5. The Morgan fingerprint density at radius 2 is 2.00 bits per heavy atom. The van der Waals surface area contributed by atoms with Gasteiger partial charge in [-0.25, -0.2) is 0 Å². The number of hydrogen-bond acceptors (Lipinski definition) is 4. The standard InChI is InChI=1S/C21H31F3N4O2/c1-3-25-20(26-14-16(2)27-7-10-29-11-8-27)28-9-12-30-19(15-28)17-5-4-6-18(13-17)21(22,23)24/h4-6,13,16,19H,3,7-12,14-15H2,1-2H3,(H,25,26). The highest BCUT2D eigenvalue weighted by atomic mass is 19.4. The van der Waals surface area contributed by atoms with Crippen LogP contribution in [0.1, 0.15) is 31.1 Å². The molecule has 1 aromatic carbocycles. The Balaban J connectivity index is 1.68. The van der Waals surface area contributed by atoms with Crippen molar-refractivity contribution in [2.24, 2.45) is 4.99 Å². The van der Waals surface area contributed by atoms with Crippen LogP contribution in [0.25, 0.3) is 0 Å². The predicted molar refractivity (Wildman–Crippen MR) is 110 cm³/mol. The number of halogens is 3. The maximum Gasteiger partial charge on any atom is 0.416 e. The van der Waals surface area contributed by atoms with Crippen LogP contribution in [-0.4, -0.2) is 80.9 Å². The van der Waals surface area contributed by atoms with E-state index in [2.05, 4.69) is 22.0 Å². The second-order valence-corrected chi connectivity index (χ2v) is 7.62. The molecule has 30 heavy (non-hydrogen) atoms. The average Bonchev–Trinajstić information content (AvgIpc) is 2.76. The molecule has 168 valence electrons. The van der Waals surface area contributed by atoms with E-state index in [0.29, 0.717) is 37.8 Å². The minimum atomic E-state index is -4.36. The zero-order valence-electron chi connectivity index (χ0n) is 17.6. The highest BCUT2D eigenvalue weighted by Gasteiger charge is 2.32. The van der Waals surface area contributed by atoms with Gasteiger partial charge in [0.25, 0.3) is 0 Å². The van der Waals surface area contributed by atoms with E-state index in [1.54, 1.807) is 6.07 Å². The summed E-state index contributed by atoms with van der Waals surface area (Å²) in [7, 11) is 0. The van der Waals surface area contributed by atoms with Crippen LogP contribution in [0.3, 0.4) is 0 Å². The molecule has 0 spiro atoms. The zero-order chi connectivity index (χ0) is 21.6. The van der Waals surface area contributed by atoms with Gasteiger partial charge < -0.3 is 19.7 Å². The second-order valence-electron chi connectivity index (χ2n) is 7.62. The fourth-order valence-corrected chi connectivity index (χ4v) is 3.74. The normalized spacial score (nSPS) is 22.8. The summed E-state index contributed by atoms with van der Waals surface area (Å²) in [4.78, 5) is 9.25. The van der Waals surface area contributed by atoms with E-state index < -0.39 is 17.8 Å². The van der Waals surface area contributed by atoms with Crippen molar-refractivity contribution in [2.45, 2.75) is 32.2 Å². The minimum absolute atomic E-state index is 0.294. The summed E-state index contributed by atoms with van der Waals surface area (Å²) in [5.41, 5.74) is -0.118. The SMILES string of the molecule is CCNC(=NCC(C)N1CCOCC1)N1CCOC(c2cccc(C(F)(F)F)c2)C1. The van der Waals surface area contributed by atoms with E-state index >= 15 is 0 Å². The van der Waals surface area contributed by atoms with Gasteiger partial charge in [-0.3, -0.25) is 9.89 Å². The summed E-state index contributed by atoms with van der Waals surface area (Å²) in [5.74, 6) is 0.776. The molecule has 0 aromatic heterocycles. The van der Waals surface area contributed by atoms with Crippen LogP contribution < -0.4 is 5.32 Å². The van der Waals surface area contributed by atoms with Crippen molar-refractivity contribution >= 4 is 5.96 Å². The second kappa shape index (κ2) is 10.5. The van der Waals surface area contributed by atoms with Gasteiger partial charge in [0.1, 0.15) is 6.10 Å². The van der Waals surface area contributed by atoms with Crippen LogP contribution in [0.2, 0.25) is 0 Å². The zero-order valence-corrected chi connectivity index (χ0v) is 17.6. The third-order valence-corrected chi connectivity index (χ3v) is 5.46. The smallest absolute Gasteiger partial charge is 0.379 e. The molecule has 2 unspecified atom stereocenters. The van der Waals surface area contributed by atoms with E-state index in [-0.39, 0.29) is 0 Å². The Bertz CT molecular complexity index is 708. The lowest BCUT2D eigenvalue weighted by molar-refractivity contribution is -0.137. The van der Waals surface area contributed by atoms with E-state index in [1.165, 1.54) is 12.1 Å². The molecule has 0 bridgehead atoms. The molecule has 0 saturated carbocycles. The van der Waals surface area contributed by atoms with Crippen molar-refractivity contribution < 1.29 is 22.6 Å². The molecular weight excluding hydrogens is 397 g/mol. The number of alkyl halides is 3. The molecule has 0 radical (unpaired) electrons. The number of aliphatic imine (C=N–C) groups is 1. The monoisotopic (exact) mass is 428 g/mol. The van der Waals surface area contributed by atoms with Crippen molar-refractivity contribution in [3.63, 3.8) is 0 Å². The lowest BCUT2D eigenvalue weighted by Crippen LogP contribution is -2.49. The molecule has 9 heteroatoms. The third kappa shape index (κ3) is 6.09. The summed E-state index contributed by atoms with van der Waals surface area (Å²) in [5, 5.41) is 3.32. The van der Waals surface area contributed by atoms with Gasteiger partial charge in [0.2, 0.25) is 0 Å². The third-order valence-electron chi connectivity index (χ3n) is 5.46. The topological polar surface area (TPSA) is 49.3 Å².